The molecule has 0 heterocycles. The Bertz CT molecular complexity index is 708. The highest BCUT2D eigenvalue weighted by molar-refractivity contribution is 7.80. The van der Waals surface area contributed by atoms with Crippen LogP contribution in [0.1, 0.15) is 11.1 Å². The molecule has 0 spiro atoms. The lowest BCUT2D eigenvalue weighted by Gasteiger charge is -2.06. The lowest BCUT2D eigenvalue weighted by atomic mass is 10.2. The zero-order valence-electron chi connectivity index (χ0n) is 13.1. The molecule has 0 fully saturated rings. The molecule has 0 aliphatic rings. The van der Waals surface area contributed by atoms with Crippen LogP contribution in [0.3, 0.4) is 0 Å². The van der Waals surface area contributed by atoms with E-state index in [0.717, 1.165) is 17.0 Å². The highest BCUT2D eigenvalue weighted by Crippen LogP contribution is 2.18. The first-order valence-corrected chi connectivity index (χ1v) is 7.56. The lowest BCUT2D eigenvalue weighted by Crippen LogP contribution is -2.23. The quantitative estimate of drug-likeness (QED) is 0.496. The zero-order chi connectivity index (χ0) is 16.5. The molecule has 5 heteroatoms. The second-order valence-electron chi connectivity index (χ2n) is 4.81. The summed E-state index contributed by atoms with van der Waals surface area (Å²) in [5.74, 6) is 0.821. The fourth-order valence-corrected chi connectivity index (χ4v) is 2.06. The molecule has 2 aromatic carbocycles. The minimum Gasteiger partial charge on any atom is -0.496 e. The maximum absolute atomic E-state index is 5.27. The Hall–Kier alpha value is -2.66. The standard InChI is InChI=1S/C18H19N3OS/c1-14-9-11-16(12-10-14)20-18(23)21-19-13-5-7-15-6-3-4-8-17(15)22-2/h3-13H,1-2H3,(H2,20,21,23)/b7-5+,19-13-. The maximum Gasteiger partial charge on any atom is 0.191 e. The van der Waals surface area contributed by atoms with Crippen molar-refractivity contribution in [2.75, 3.05) is 12.4 Å². The van der Waals surface area contributed by atoms with E-state index >= 15 is 0 Å². The van der Waals surface area contributed by atoms with Gasteiger partial charge in [-0.25, -0.2) is 0 Å². The van der Waals surface area contributed by atoms with Crippen molar-refractivity contribution in [3.05, 3.63) is 65.7 Å². The third kappa shape index (κ3) is 5.56. The maximum atomic E-state index is 5.27. The number of allylic oxidation sites excluding steroid dienone is 1. The number of benzene rings is 2. The predicted molar refractivity (Wildman–Crippen MR) is 101 cm³/mol. The molecule has 0 saturated carbocycles. The average molecular weight is 325 g/mol. The average Bonchev–Trinajstić information content (AvgIpc) is 2.57. The van der Waals surface area contributed by atoms with Crippen LogP contribution in [-0.4, -0.2) is 18.4 Å². The number of hydrogen-bond acceptors (Lipinski definition) is 3. The first kappa shape index (κ1) is 16.7. The van der Waals surface area contributed by atoms with Crippen molar-refractivity contribution in [2.45, 2.75) is 6.92 Å². The number of hydrogen-bond donors (Lipinski definition) is 2. The molecule has 0 saturated heterocycles. The summed E-state index contributed by atoms with van der Waals surface area (Å²) in [6.45, 7) is 2.04. The minimum atomic E-state index is 0.441. The Morgan fingerprint density at radius 3 is 2.61 bits per heavy atom. The first-order valence-electron chi connectivity index (χ1n) is 7.15. The number of anilines is 1. The Kier molecular flexibility index (Phi) is 6.32. The summed E-state index contributed by atoms with van der Waals surface area (Å²) < 4.78 is 5.27. The van der Waals surface area contributed by atoms with Crippen LogP contribution in [0.25, 0.3) is 6.08 Å². The van der Waals surface area contributed by atoms with E-state index in [1.54, 1.807) is 13.3 Å². The predicted octanol–water partition coefficient (Wildman–Crippen LogP) is 3.99. The van der Waals surface area contributed by atoms with E-state index in [0.29, 0.717) is 5.11 Å². The second-order valence-corrected chi connectivity index (χ2v) is 5.22. The smallest absolute Gasteiger partial charge is 0.191 e. The van der Waals surface area contributed by atoms with Crippen LogP contribution in [0, 0.1) is 6.92 Å². The molecule has 2 rings (SSSR count). The van der Waals surface area contributed by atoms with Gasteiger partial charge in [0.1, 0.15) is 5.75 Å². The summed E-state index contributed by atoms with van der Waals surface area (Å²) in [6, 6.07) is 15.7. The van der Waals surface area contributed by atoms with E-state index in [2.05, 4.69) is 15.8 Å². The highest BCUT2D eigenvalue weighted by atomic mass is 32.1. The van der Waals surface area contributed by atoms with Gasteiger partial charge in [-0.1, -0.05) is 35.9 Å². The van der Waals surface area contributed by atoms with Crippen LogP contribution >= 0.6 is 12.2 Å². The summed E-state index contributed by atoms with van der Waals surface area (Å²) in [4.78, 5) is 0. The van der Waals surface area contributed by atoms with Crippen LogP contribution in [0.15, 0.2) is 59.7 Å². The number of nitrogens with one attached hydrogen (secondary N) is 2. The van der Waals surface area contributed by atoms with Crippen molar-refractivity contribution in [3.63, 3.8) is 0 Å². The van der Waals surface area contributed by atoms with Gasteiger partial charge in [0.15, 0.2) is 5.11 Å². The largest absolute Gasteiger partial charge is 0.496 e. The third-order valence-electron chi connectivity index (χ3n) is 3.05. The molecule has 0 aliphatic carbocycles. The third-order valence-corrected chi connectivity index (χ3v) is 3.24. The molecule has 0 unspecified atom stereocenters. The molecule has 0 radical (unpaired) electrons. The summed E-state index contributed by atoms with van der Waals surface area (Å²) in [5, 5.41) is 7.55. The van der Waals surface area contributed by atoms with Gasteiger partial charge in [-0.3, -0.25) is 5.43 Å². The van der Waals surface area contributed by atoms with Gasteiger partial charge in [0.25, 0.3) is 0 Å². The number of methoxy groups -OCH3 is 1. The molecule has 0 bridgehead atoms. The number of hydrazone groups is 1. The fraction of sp³-hybridized carbons (Fsp3) is 0.111. The molecule has 0 aliphatic heterocycles. The van der Waals surface area contributed by atoms with Crippen LogP contribution in [0.4, 0.5) is 5.69 Å². The molecule has 2 aromatic rings. The van der Waals surface area contributed by atoms with Crippen molar-refractivity contribution in [1.82, 2.24) is 5.43 Å². The highest BCUT2D eigenvalue weighted by Gasteiger charge is 1.96. The molecule has 0 amide bonds. The second kappa shape index (κ2) is 8.70. The van der Waals surface area contributed by atoms with Gasteiger partial charge in [-0.2, -0.15) is 5.10 Å². The van der Waals surface area contributed by atoms with E-state index < -0.39 is 0 Å². The molecule has 4 nitrogen and oxygen atoms in total. The topological polar surface area (TPSA) is 45.6 Å². The van der Waals surface area contributed by atoms with Crippen molar-refractivity contribution < 1.29 is 4.74 Å². The Morgan fingerprint density at radius 1 is 1.13 bits per heavy atom. The van der Waals surface area contributed by atoms with Gasteiger partial charge >= 0.3 is 0 Å². The number of aryl methyl sites for hydroxylation is 1. The number of nitrogens with zero attached hydrogens (tertiary/aromatic N) is 1. The van der Waals surface area contributed by atoms with Crippen molar-refractivity contribution in [3.8, 4) is 5.75 Å². The summed E-state index contributed by atoms with van der Waals surface area (Å²) >= 11 is 5.17. The fourth-order valence-electron chi connectivity index (χ4n) is 1.89. The van der Waals surface area contributed by atoms with E-state index in [-0.39, 0.29) is 0 Å². The molecule has 23 heavy (non-hydrogen) atoms. The molecule has 0 aromatic heterocycles. The van der Waals surface area contributed by atoms with Crippen molar-refractivity contribution >= 4 is 35.3 Å². The van der Waals surface area contributed by atoms with E-state index in [1.165, 1.54) is 5.56 Å². The molecular formula is C18H19N3OS. The van der Waals surface area contributed by atoms with Gasteiger partial charge in [0, 0.05) is 17.5 Å². The van der Waals surface area contributed by atoms with E-state index in [4.69, 9.17) is 17.0 Å². The van der Waals surface area contributed by atoms with Crippen molar-refractivity contribution in [2.24, 2.45) is 5.10 Å². The Labute approximate surface area is 141 Å². The summed E-state index contributed by atoms with van der Waals surface area (Å²) in [7, 11) is 1.65. The normalized spacial score (nSPS) is 10.9. The van der Waals surface area contributed by atoms with Gasteiger partial charge in [-0.05, 0) is 49.5 Å². The van der Waals surface area contributed by atoms with Crippen LogP contribution < -0.4 is 15.5 Å². The zero-order valence-corrected chi connectivity index (χ0v) is 13.9. The summed E-state index contributed by atoms with van der Waals surface area (Å²) in [6.07, 6.45) is 5.37. The number of ether oxygens (including phenoxy) is 1. The van der Waals surface area contributed by atoms with Gasteiger partial charge in [-0.15, -0.1) is 0 Å². The van der Waals surface area contributed by atoms with Crippen LogP contribution in [0.5, 0.6) is 5.75 Å². The van der Waals surface area contributed by atoms with E-state index in [1.807, 2.05) is 67.6 Å². The SMILES string of the molecule is COc1ccccc1/C=C/C=N\NC(=S)Nc1ccc(C)cc1. The van der Waals surface area contributed by atoms with Crippen LogP contribution in [-0.2, 0) is 0 Å². The monoisotopic (exact) mass is 325 g/mol. The van der Waals surface area contributed by atoms with Gasteiger partial charge < -0.3 is 10.1 Å². The van der Waals surface area contributed by atoms with Crippen molar-refractivity contribution in [1.29, 1.82) is 0 Å². The number of para-hydroxylation sites is 1. The first-order chi connectivity index (χ1) is 11.2. The Balaban J connectivity index is 1.83. The summed E-state index contributed by atoms with van der Waals surface area (Å²) in [5.41, 5.74) is 5.88. The Morgan fingerprint density at radius 2 is 1.87 bits per heavy atom. The minimum absolute atomic E-state index is 0.441. The van der Waals surface area contributed by atoms with Gasteiger partial charge in [0.2, 0.25) is 0 Å². The molecular weight excluding hydrogens is 306 g/mol. The lowest BCUT2D eigenvalue weighted by molar-refractivity contribution is 0.414. The molecule has 118 valence electrons. The molecule has 0 atom stereocenters. The molecule has 2 N–H and O–H groups in total. The van der Waals surface area contributed by atoms with Gasteiger partial charge in [0.05, 0.1) is 7.11 Å². The van der Waals surface area contributed by atoms with E-state index in [9.17, 15) is 0 Å². The number of thiocarbonyl (C=S) groups is 1. The number of rotatable bonds is 5. The van der Waals surface area contributed by atoms with Crippen LogP contribution in [0.2, 0.25) is 0 Å².